The first kappa shape index (κ1) is 15.9. The SMILES string of the molecule is CC(C)c1ncc(C(=O)N(C)C2(C(=O)O)CCCCC2)s1. The molecule has 2 rings (SSSR count). The number of rotatable bonds is 4. The molecule has 0 aromatic carbocycles. The van der Waals surface area contributed by atoms with E-state index in [-0.39, 0.29) is 11.8 Å². The zero-order chi connectivity index (χ0) is 15.6. The average molecular weight is 310 g/mol. The van der Waals surface area contributed by atoms with Gasteiger partial charge in [0.25, 0.3) is 5.91 Å². The van der Waals surface area contributed by atoms with Crippen LogP contribution in [0, 0.1) is 0 Å². The molecule has 0 spiro atoms. The third kappa shape index (κ3) is 2.95. The number of carboxylic acids is 1. The van der Waals surface area contributed by atoms with Crippen molar-refractivity contribution in [2.45, 2.75) is 57.4 Å². The number of carboxylic acid groups (broad SMARTS) is 1. The monoisotopic (exact) mass is 310 g/mol. The normalized spacial score (nSPS) is 17.7. The van der Waals surface area contributed by atoms with Crippen molar-refractivity contribution in [1.82, 2.24) is 9.88 Å². The minimum Gasteiger partial charge on any atom is -0.479 e. The van der Waals surface area contributed by atoms with E-state index in [4.69, 9.17) is 0 Å². The van der Waals surface area contributed by atoms with Crippen LogP contribution in [0.1, 0.15) is 66.5 Å². The summed E-state index contributed by atoms with van der Waals surface area (Å²) in [5.41, 5.74) is -1.06. The van der Waals surface area contributed by atoms with Crippen molar-refractivity contribution >= 4 is 23.2 Å². The van der Waals surface area contributed by atoms with Gasteiger partial charge in [-0.1, -0.05) is 33.1 Å². The predicted molar refractivity (Wildman–Crippen MR) is 81.7 cm³/mol. The lowest BCUT2D eigenvalue weighted by Crippen LogP contribution is -2.56. The quantitative estimate of drug-likeness (QED) is 0.927. The molecule has 6 heteroatoms. The molecule has 5 nitrogen and oxygen atoms in total. The zero-order valence-electron chi connectivity index (χ0n) is 12.8. The van der Waals surface area contributed by atoms with Crippen molar-refractivity contribution in [3.8, 4) is 0 Å². The number of carbonyl (C=O) groups excluding carboxylic acids is 1. The van der Waals surface area contributed by atoms with Gasteiger partial charge in [0, 0.05) is 13.0 Å². The first-order chi connectivity index (χ1) is 9.88. The predicted octanol–water partition coefficient (Wildman–Crippen LogP) is 3.13. The van der Waals surface area contributed by atoms with Crippen LogP contribution in [0.2, 0.25) is 0 Å². The van der Waals surface area contributed by atoms with Crippen LogP contribution >= 0.6 is 11.3 Å². The second-order valence-electron chi connectivity index (χ2n) is 5.98. The molecule has 0 bridgehead atoms. The van der Waals surface area contributed by atoms with Gasteiger partial charge in [-0.15, -0.1) is 11.3 Å². The third-order valence-corrected chi connectivity index (χ3v) is 5.54. The Morgan fingerprint density at radius 1 is 1.33 bits per heavy atom. The Balaban J connectivity index is 2.25. The standard InChI is InChI=1S/C15H22N2O3S/c1-10(2)12-16-9-11(21-12)13(18)17(3)15(14(19)20)7-5-4-6-8-15/h9-10H,4-8H2,1-3H3,(H,19,20). The van der Waals surface area contributed by atoms with Gasteiger partial charge in [0.1, 0.15) is 10.4 Å². The molecule has 1 aliphatic carbocycles. The summed E-state index contributed by atoms with van der Waals surface area (Å²) >= 11 is 1.36. The fraction of sp³-hybridized carbons (Fsp3) is 0.667. The van der Waals surface area contributed by atoms with E-state index in [1.807, 2.05) is 13.8 Å². The Morgan fingerprint density at radius 2 is 1.95 bits per heavy atom. The molecule has 1 aliphatic rings. The Labute approximate surface area is 129 Å². The number of hydrogen-bond donors (Lipinski definition) is 1. The van der Waals surface area contributed by atoms with Crippen LogP contribution in [0.5, 0.6) is 0 Å². The molecule has 1 fully saturated rings. The number of aliphatic carboxylic acids is 1. The Bertz CT molecular complexity index is 533. The smallest absolute Gasteiger partial charge is 0.329 e. The second kappa shape index (κ2) is 6.13. The van der Waals surface area contributed by atoms with Gasteiger partial charge < -0.3 is 10.0 Å². The Hall–Kier alpha value is -1.43. The molecule has 1 aromatic rings. The van der Waals surface area contributed by atoms with Crippen LogP contribution in [0.15, 0.2) is 6.20 Å². The highest BCUT2D eigenvalue weighted by molar-refractivity contribution is 7.13. The summed E-state index contributed by atoms with van der Waals surface area (Å²) in [4.78, 5) is 30.6. The van der Waals surface area contributed by atoms with Gasteiger partial charge >= 0.3 is 5.97 Å². The lowest BCUT2D eigenvalue weighted by atomic mass is 9.80. The van der Waals surface area contributed by atoms with Gasteiger partial charge in [-0.25, -0.2) is 9.78 Å². The summed E-state index contributed by atoms with van der Waals surface area (Å²) in [6.45, 7) is 4.05. The highest BCUT2D eigenvalue weighted by Crippen LogP contribution is 2.35. The summed E-state index contributed by atoms with van der Waals surface area (Å²) in [6, 6.07) is 0. The molecular weight excluding hydrogens is 288 g/mol. The van der Waals surface area contributed by atoms with E-state index in [1.165, 1.54) is 16.2 Å². The summed E-state index contributed by atoms with van der Waals surface area (Å²) < 4.78 is 0. The minimum absolute atomic E-state index is 0.233. The maximum absolute atomic E-state index is 12.6. The number of aromatic nitrogens is 1. The van der Waals surface area contributed by atoms with Gasteiger partial charge in [0.2, 0.25) is 0 Å². The van der Waals surface area contributed by atoms with E-state index in [0.717, 1.165) is 24.3 Å². The number of amides is 1. The van der Waals surface area contributed by atoms with Crippen LogP contribution in [0.3, 0.4) is 0 Å². The molecule has 0 aliphatic heterocycles. The van der Waals surface area contributed by atoms with E-state index in [9.17, 15) is 14.7 Å². The fourth-order valence-corrected chi connectivity index (χ4v) is 3.74. The maximum atomic E-state index is 12.6. The molecule has 116 valence electrons. The van der Waals surface area contributed by atoms with Gasteiger partial charge in [-0.05, 0) is 12.8 Å². The summed E-state index contributed by atoms with van der Waals surface area (Å²) in [5.74, 6) is -0.861. The van der Waals surface area contributed by atoms with Crippen LogP contribution in [-0.4, -0.2) is 39.5 Å². The number of nitrogens with zero attached hydrogens (tertiary/aromatic N) is 2. The first-order valence-corrected chi connectivity index (χ1v) is 8.17. The molecule has 1 amide bonds. The molecule has 1 saturated carbocycles. The number of hydrogen-bond acceptors (Lipinski definition) is 4. The van der Waals surface area contributed by atoms with E-state index in [0.29, 0.717) is 17.7 Å². The minimum atomic E-state index is -1.06. The van der Waals surface area contributed by atoms with E-state index in [1.54, 1.807) is 13.2 Å². The van der Waals surface area contributed by atoms with Crippen molar-refractivity contribution in [1.29, 1.82) is 0 Å². The molecule has 0 unspecified atom stereocenters. The van der Waals surface area contributed by atoms with Crippen molar-refractivity contribution in [3.05, 3.63) is 16.1 Å². The van der Waals surface area contributed by atoms with Crippen molar-refractivity contribution < 1.29 is 14.7 Å². The van der Waals surface area contributed by atoms with E-state index >= 15 is 0 Å². The lowest BCUT2D eigenvalue weighted by molar-refractivity contribution is -0.151. The third-order valence-electron chi connectivity index (χ3n) is 4.25. The highest BCUT2D eigenvalue weighted by Gasteiger charge is 2.45. The summed E-state index contributed by atoms with van der Waals surface area (Å²) in [5, 5.41) is 10.5. The number of likely N-dealkylation sites (N-methyl/N-ethyl adjacent to an activating group) is 1. The molecule has 0 atom stereocenters. The van der Waals surface area contributed by atoms with Gasteiger partial charge in [-0.2, -0.15) is 0 Å². The molecular formula is C15H22N2O3S. The molecule has 0 saturated heterocycles. The van der Waals surface area contributed by atoms with Gasteiger partial charge in [0.15, 0.2) is 0 Å². The summed E-state index contributed by atoms with van der Waals surface area (Å²) in [7, 11) is 1.61. The topological polar surface area (TPSA) is 70.5 Å². The molecule has 1 heterocycles. The van der Waals surface area contributed by atoms with Crippen LogP contribution in [0.25, 0.3) is 0 Å². The van der Waals surface area contributed by atoms with Crippen molar-refractivity contribution in [2.75, 3.05) is 7.05 Å². The van der Waals surface area contributed by atoms with Crippen molar-refractivity contribution in [2.24, 2.45) is 0 Å². The second-order valence-corrected chi connectivity index (χ2v) is 7.04. The van der Waals surface area contributed by atoms with Crippen LogP contribution in [0.4, 0.5) is 0 Å². The fourth-order valence-electron chi connectivity index (χ4n) is 2.84. The first-order valence-electron chi connectivity index (χ1n) is 7.36. The summed E-state index contributed by atoms with van der Waals surface area (Å²) in [6.07, 6.45) is 5.36. The van der Waals surface area contributed by atoms with Crippen LogP contribution in [-0.2, 0) is 4.79 Å². The van der Waals surface area contributed by atoms with Gasteiger partial charge in [-0.3, -0.25) is 4.79 Å². The molecule has 1 aromatic heterocycles. The van der Waals surface area contributed by atoms with E-state index in [2.05, 4.69) is 4.98 Å². The average Bonchev–Trinajstić information content (AvgIpc) is 2.96. The number of thiazole rings is 1. The van der Waals surface area contributed by atoms with E-state index < -0.39 is 11.5 Å². The van der Waals surface area contributed by atoms with Crippen molar-refractivity contribution in [3.63, 3.8) is 0 Å². The zero-order valence-corrected chi connectivity index (χ0v) is 13.6. The Morgan fingerprint density at radius 3 is 2.43 bits per heavy atom. The lowest BCUT2D eigenvalue weighted by Gasteiger charge is -2.40. The Kier molecular flexibility index (Phi) is 4.66. The molecule has 0 radical (unpaired) electrons. The molecule has 21 heavy (non-hydrogen) atoms. The highest BCUT2D eigenvalue weighted by atomic mass is 32.1. The molecule has 1 N–H and O–H groups in total. The van der Waals surface area contributed by atoms with Crippen LogP contribution < -0.4 is 0 Å². The van der Waals surface area contributed by atoms with Gasteiger partial charge in [0.05, 0.1) is 11.2 Å². The maximum Gasteiger partial charge on any atom is 0.329 e. The number of carbonyl (C=O) groups is 2. The largest absolute Gasteiger partial charge is 0.479 e.